The first-order chi connectivity index (χ1) is 17.9. The first kappa shape index (κ1) is 29.2. The Morgan fingerprint density at radius 2 is 1.84 bits per heavy atom. The van der Waals surface area contributed by atoms with E-state index in [2.05, 4.69) is 21.1 Å². The number of aromatic nitrogens is 1. The number of benzene rings is 2. The molecule has 0 saturated carbocycles. The number of alkyl halides is 3. The van der Waals surface area contributed by atoms with Crippen molar-refractivity contribution < 1.29 is 27.6 Å². The second-order valence-electron chi connectivity index (χ2n) is 8.53. The van der Waals surface area contributed by atoms with E-state index in [1.54, 1.807) is 24.3 Å². The van der Waals surface area contributed by atoms with Crippen molar-refractivity contribution in [3.05, 3.63) is 76.0 Å². The summed E-state index contributed by atoms with van der Waals surface area (Å²) in [4.78, 5) is 35.4. The highest BCUT2D eigenvalue weighted by molar-refractivity contribution is 6.40. The standard InChI is InChI=1S/C25H24Cl2F3N5O3/c1-13(2)12-38-35-23(36)16-10-14-6-3-4-7-15(14)20(27)21(16)34-24(37)18(11-19(31)25(28,29)30)33-22-17(26)8-5-9-32-22/h3-11,13,19H,12,31H2,1-2H3,(H,32,33)(H,34,37)(H,35,36)/b18-11-. The van der Waals surface area contributed by atoms with Crippen LogP contribution in [-0.2, 0) is 9.63 Å². The molecule has 0 aliphatic carbocycles. The van der Waals surface area contributed by atoms with Gasteiger partial charge < -0.3 is 16.4 Å². The van der Waals surface area contributed by atoms with E-state index in [-0.39, 0.29) is 39.6 Å². The lowest BCUT2D eigenvalue weighted by atomic mass is 10.0. The van der Waals surface area contributed by atoms with Crippen molar-refractivity contribution in [1.82, 2.24) is 10.5 Å². The number of anilines is 2. The summed E-state index contributed by atoms with van der Waals surface area (Å²) in [5.74, 6) is -1.79. The Hall–Kier alpha value is -3.38. The zero-order chi connectivity index (χ0) is 28.0. The fourth-order valence-electron chi connectivity index (χ4n) is 3.17. The number of hydrogen-bond donors (Lipinski definition) is 4. The summed E-state index contributed by atoms with van der Waals surface area (Å²) in [6.07, 6.45) is -3.05. The summed E-state index contributed by atoms with van der Waals surface area (Å²) in [6.45, 7) is 3.97. The number of hydrogen-bond acceptors (Lipinski definition) is 6. The molecule has 1 heterocycles. The largest absolute Gasteiger partial charge is 0.407 e. The van der Waals surface area contributed by atoms with Crippen LogP contribution < -0.4 is 21.8 Å². The Morgan fingerprint density at radius 3 is 2.50 bits per heavy atom. The zero-order valence-corrected chi connectivity index (χ0v) is 21.7. The van der Waals surface area contributed by atoms with Crippen LogP contribution in [0.3, 0.4) is 0 Å². The van der Waals surface area contributed by atoms with E-state index in [9.17, 15) is 22.8 Å². The average molecular weight is 570 g/mol. The van der Waals surface area contributed by atoms with Crippen LogP contribution in [0.15, 0.2) is 60.4 Å². The molecule has 0 aliphatic heterocycles. The maximum absolute atomic E-state index is 13.3. The smallest absolute Gasteiger partial charge is 0.335 e. The van der Waals surface area contributed by atoms with Gasteiger partial charge in [-0.1, -0.05) is 61.3 Å². The van der Waals surface area contributed by atoms with E-state index in [1.807, 2.05) is 13.8 Å². The average Bonchev–Trinajstić information content (AvgIpc) is 2.85. The number of halogens is 5. The second-order valence-corrected chi connectivity index (χ2v) is 9.32. The molecule has 38 heavy (non-hydrogen) atoms. The third-order valence-corrected chi connectivity index (χ3v) is 5.73. The van der Waals surface area contributed by atoms with E-state index in [0.717, 1.165) is 0 Å². The summed E-state index contributed by atoms with van der Waals surface area (Å²) in [5.41, 5.74) is 6.69. The Kier molecular flexibility index (Phi) is 9.55. The first-order valence-corrected chi connectivity index (χ1v) is 12.0. The van der Waals surface area contributed by atoms with Crippen molar-refractivity contribution in [2.75, 3.05) is 17.2 Å². The second kappa shape index (κ2) is 12.4. The third-order valence-electron chi connectivity index (χ3n) is 5.03. The molecule has 0 radical (unpaired) electrons. The molecule has 1 unspecified atom stereocenters. The van der Waals surface area contributed by atoms with Crippen LogP contribution in [0, 0.1) is 5.92 Å². The van der Waals surface area contributed by atoms with Crippen LogP contribution in [-0.4, -0.2) is 35.6 Å². The van der Waals surface area contributed by atoms with Gasteiger partial charge in [-0.25, -0.2) is 10.5 Å². The number of carbonyl (C=O) groups is 2. The van der Waals surface area contributed by atoms with E-state index in [0.29, 0.717) is 16.8 Å². The molecule has 0 aliphatic rings. The van der Waals surface area contributed by atoms with E-state index < -0.39 is 29.7 Å². The lowest BCUT2D eigenvalue weighted by molar-refractivity contribution is -0.137. The Balaban J connectivity index is 2.05. The quantitative estimate of drug-likeness (QED) is 0.194. The van der Waals surface area contributed by atoms with Gasteiger partial charge in [0.1, 0.15) is 17.6 Å². The van der Waals surface area contributed by atoms with Crippen LogP contribution in [0.2, 0.25) is 10.0 Å². The van der Waals surface area contributed by atoms with Crippen molar-refractivity contribution in [2.45, 2.75) is 26.1 Å². The van der Waals surface area contributed by atoms with Gasteiger partial charge >= 0.3 is 6.18 Å². The molecule has 2 aromatic carbocycles. The highest BCUT2D eigenvalue weighted by atomic mass is 35.5. The highest BCUT2D eigenvalue weighted by Gasteiger charge is 2.36. The molecule has 3 rings (SSSR count). The lowest BCUT2D eigenvalue weighted by Crippen LogP contribution is -2.37. The number of amides is 2. The van der Waals surface area contributed by atoms with Crippen LogP contribution in [0.1, 0.15) is 24.2 Å². The third kappa shape index (κ3) is 7.35. The summed E-state index contributed by atoms with van der Waals surface area (Å²) in [5, 5.41) is 6.01. The molecule has 3 aromatic rings. The Morgan fingerprint density at radius 1 is 1.13 bits per heavy atom. The molecular weight excluding hydrogens is 546 g/mol. The molecule has 0 spiro atoms. The molecule has 202 valence electrons. The minimum Gasteiger partial charge on any atom is -0.335 e. The molecule has 1 atom stereocenters. The van der Waals surface area contributed by atoms with Crippen molar-refractivity contribution in [3.63, 3.8) is 0 Å². The molecule has 13 heteroatoms. The van der Waals surface area contributed by atoms with Crippen LogP contribution in [0.4, 0.5) is 24.7 Å². The van der Waals surface area contributed by atoms with Gasteiger partial charge in [-0.3, -0.25) is 14.4 Å². The number of hydroxylamine groups is 1. The van der Waals surface area contributed by atoms with E-state index >= 15 is 0 Å². The zero-order valence-electron chi connectivity index (χ0n) is 20.2. The Labute approximate surface area is 226 Å². The van der Waals surface area contributed by atoms with Crippen molar-refractivity contribution in [2.24, 2.45) is 11.7 Å². The van der Waals surface area contributed by atoms with Gasteiger partial charge in [0, 0.05) is 11.6 Å². The molecule has 8 nitrogen and oxygen atoms in total. The first-order valence-electron chi connectivity index (χ1n) is 11.2. The highest BCUT2D eigenvalue weighted by Crippen LogP contribution is 2.35. The van der Waals surface area contributed by atoms with Gasteiger partial charge in [0.25, 0.3) is 11.8 Å². The summed E-state index contributed by atoms with van der Waals surface area (Å²) >= 11 is 12.6. The summed E-state index contributed by atoms with van der Waals surface area (Å²) in [7, 11) is 0. The fraction of sp³-hybridized carbons (Fsp3) is 0.240. The monoisotopic (exact) mass is 569 g/mol. The number of nitrogens with two attached hydrogens (primary N) is 1. The van der Waals surface area contributed by atoms with Crippen molar-refractivity contribution >= 4 is 57.3 Å². The molecule has 0 fully saturated rings. The van der Waals surface area contributed by atoms with Gasteiger partial charge in [-0.2, -0.15) is 13.2 Å². The minimum atomic E-state index is -4.85. The molecule has 1 aromatic heterocycles. The predicted molar refractivity (Wildman–Crippen MR) is 141 cm³/mol. The van der Waals surface area contributed by atoms with Gasteiger partial charge in [-0.05, 0) is 35.6 Å². The Bertz CT molecular complexity index is 1370. The number of fused-ring (bicyclic) bond motifs is 1. The van der Waals surface area contributed by atoms with Gasteiger partial charge in [-0.15, -0.1) is 0 Å². The molecule has 0 saturated heterocycles. The van der Waals surface area contributed by atoms with Gasteiger partial charge in [0.15, 0.2) is 0 Å². The predicted octanol–water partition coefficient (Wildman–Crippen LogP) is 5.68. The summed E-state index contributed by atoms with van der Waals surface area (Å²) < 4.78 is 39.7. The van der Waals surface area contributed by atoms with Crippen molar-refractivity contribution in [3.8, 4) is 0 Å². The molecule has 5 N–H and O–H groups in total. The normalized spacial score (nSPS) is 12.9. The summed E-state index contributed by atoms with van der Waals surface area (Å²) in [6, 6.07) is 8.69. The number of pyridine rings is 1. The topological polar surface area (TPSA) is 118 Å². The number of nitrogens with one attached hydrogen (secondary N) is 3. The number of nitrogens with zero attached hydrogens (tertiary/aromatic N) is 1. The maximum atomic E-state index is 13.3. The molecular formula is C25H24Cl2F3N5O3. The number of rotatable bonds is 9. The van der Waals surface area contributed by atoms with Crippen molar-refractivity contribution in [1.29, 1.82) is 0 Å². The van der Waals surface area contributed by atoms with Gasteiger partial charge in [0.2, 0.25) is 0 Å². The van der Waals surface area contributed by atoms with Crippen LogP contribution in [0.5, 0.6) is 0 Å². The lowest BCUT2D eigenvalue weighted by Gasteiger charge is -2.19. The number of carbonyl (C=O) groups excluding carboxylic acids is 2. The van der Waals surface area contributed by atoms with E-state index in [4.69, 9.17) is 33.8 Å². The SMILES string of the molecule is CC(C)CONC(=O)c1cc2ccccc2c(Cl)c1NC(=O)/C(=C/C(N)C(F)(F)F)Nc1ncccc1Cl. The van der Waals surface area contributed by atoms with Crippen LogP contribution in [0.25, 0.3) is 10.8 Å². The maximum Gasteiger partial charge on any atom is 0.407 e. The van der Waals surface area contributed by atoms with E-state index in [1.165, 1.54) is 24.4 Å². The van der Waals surface area contributed by atoms with Crippen LogP contribution >= 0.6 is 23.2 Å². The van der Waals surface area contributed by atoms with Gasteiger partial charge in [0.05, 0.1) is 27.9 Å². The minimum absolute atomic E-state index is 0.0132. The fourth-order valence-corrected chi connectivity index (χ4v) is 3.66. The molecule has 2 amide bonds. The molecule has 0 bridgehead atoms.